The Morgan fingerprint density at radius 2 is 1.95 bits per heavy atom. The lowest BCUT2D eigenvalue weighted by atomic mass is 9.84. The maximum atomic E-state index is 11.8. The van der Waals surface area contributed by atoms with Gasteiger partial charge in [-0.2, -0.15) is 0 Å². The van der Waals surface area contributed by atoms with Crippen molar-refractivity contribution in [1.29, 1.82) is 0 Å². The van der Waals surface area contributed by atoms with Crippen molar-refractivity contribution in [3.05, 3.63) is 29.8 Å². The zero-order valence-corrected chi connectivity index (χ0v) is 12.4. The molecule has 0 unspecified atom stereocenters. The lowest BCUT2D eigenvalue weighted by Gasteiger charge is -2.24. The van der Waals surface area contributed by atoms with Crippen LogP contribution in [0.15, 0.2) is 24.3 Å². The molecule has 0 aliphatic heterocycles. The van der Waals surface area contributed by atoms with Crippen LogP contribution >= 0.6 is 0 Å². The molecule has 2 rings (SSSR count). The predicted molar refractivity (Wildman–Crippen MR) is 82.5 cm³/mol. The number of carbonyl (C=O) groups is 1. The van der Waals surface area contributed by atoms with Crippen molar-refractivity contribution >= 4 is 11.7 Å². The second-order valence-electron chi connectivity index (χ2n) is 6.29. The molecule has 4 nitrogen and oxygen atoms in total. The SMILES string of the molecule is CC(C)(CCNC(=O)Nc1ccc(CN)cc1)C1CC1. The Hall–Kier alpha value is -1.55. The molecule has 0 atom stereocenters. The number of nitrogens with one attached hydrogen (secondary N) is 2. The molecule has 1 aromatic carbocycles. The number of nitrogens with two attached hydrogens (primary N) is 1. The smallest absolute Gasteiger partial charge is 0.319 e. The number of hydrogen-bond acceptors (Lipinski definition) is 2. The highest BCUT2D eigenvalue weighted by Gasteiger charge is 2.37. The fourth-order valence-corrected chi connectivity index (χ4v) is 2.47. The molecule has 110 valence electrons. The monoisotopic (exact) mass is 275 g/mol. The van der Waals surface area contributed by atoms with Crippen LogP contribution in [0.25, 0.3) is 0 Å². The van der Waals surface area contributed by atoms with Gasteiger partial charge in [-0.3, -0.25) is 0 Å². The summed E-state index contributed by atoms with van der Waals surface area (Å²) >= 11 is 0. The van der Waals surface area contributed by atoms with E-state index in [1.165, 1.54) is 12.8 Å². The topological polar surface area (TPSA) is 67.2 Å². The zero-order valence-electron chi connectivity index (χ0n) is 12.4. The van der Waals surface area contributed by atoms with Gasteiger partial charge in [0.25, 0.3) is 0 Å². The molecule has 1 fully saturated rings. The number of benzene rings is 1. The van der Waals surface area contributed by atoms with Crippen molar-refractivity contribution in [3.63, 3.8) is 0 Å². The summed E-state index contributed by atoms with van der Waals surface area (Å²) in [5.41, 5.74) is 7.73. The molecular formula is C16H25N3O. The van der Waals surface area contributed by atoms with E-state index in [0.717, 1.165) is 30.1 Å². The van der Waals surface area contributed by atoms with Crippen LogP contribution in [0, 0.1) is 11.3 Å². The molecule has 0 spiro atoms. The van der Waals surface area contributed by atoms with Gasteiger partial charge in [0, 0.05) is 18.8 Å². The largest absolute Gasteiger partial charge is 0.338 e. The number of carbonyl (C=O) groups excluding carboxylic acids is 1. The Balaban J connectivity index is 1.71. The summed E-state index contributed by atoms with van der Waals surface area (Å²) in [5.74, 6) is 0.844. The van der Waals surface area contributed by atoms with Crippen LogP contribution in [0.2, 0.25) is 0 Å². The third-order valence-electron chi connectivity index (χ3n) is 4.18. The van der Waals surface area contributed by atoms with E-state index in [-0.39, 0.29) is 6.03 Å². The summed E-state index contributed by atoms with van der Waals surface area (Å²) in [4.78, 5) is 11.8. The quantitative estimate of drug-likeness (QED) is 0.747. The first-order chi connectivity index (χ1) is 9.51. The van der Waals surface area contributed by atoms with E-state index in [1.54, 1.807) is 0 Å². The minimum absolute atomic E-state index is 0.142. The second kappa shape index (κ2) is 6.27. The van der Waals surface area contributed by atoms with Crippen molar-refractivity contribution in [3.8, 4) is 0 Å². The summed E-state index contributed by atoms with van der Waals surface area (Å²) in [6.07, 6.45) is 3.70. The Labute approximate surface area is 121 Å². The van der Waals surface area contributed by atoms with E-state index in [1.807, 2.05) is 24.3 Å². The second-order valence-corrected chi connectivity index (χ2v) is 6.29. The molecule has 0 bridgehead atoms. The van der Waals surface area contributed by atoms with Gasteiger partial charge in [0.1, 0.15) is 0 Å². The average molecular weight is 275 g/mol. The highest BCUT2D eigenvalue weighted by Crippen LogP contribution is 2.46. The van der Waals surface area contributed by atoms with Crippen molar-refractivity contribution in [1.82, 2.24) is 5.32 Å². The normalized spacial score (nSPS) is 14.9. The molecule has 4 N–H and O–H groups in total. The molecule has 0 radical (unpaired) electrons. The molecule has 4 heteroatoms. The summed E-state index contributed by atoms with van der Waals surface area (Å²) in [6.45, 7) is 5.81. The number of urea groups is 1. The van der Waals surface area contributed by atoms with Crippen LogP contribution < -0.4 is 16.4 Å². The molecule has 0 aromatic heterocycles. The van der Waals surface area contributed by atoms with E-state index in [9.17, 15) is 4.79 Å². The van der Waals surface area contributed by atoms with E-state index in [0.29, 0.717) is 12.0 Å². The first-order valence-electron chi connectivity index (χ1n) is 7.35. The fourth-order valence-electron chi connectivity index (χ4n) is 2.47. The first kappa shape index (κ1) is 14.9. The maximum Gasteiger partial charge on any atom is 0.319 e. The van der Waals surface area contributed by atoms with Gasteiger partial charge in [-0.1, -0.05) is 26.0 Å². The van der Waals surface area contributed by atoms with E-state index in [4.69, 9.17) is 5.73 Å². The van der Waals surface area contributed by atoms with Gasteiger partial charge in [-0.05, 0) is 48.3 Å². The third-order valence-corrected chi connectivity index (χ3v) is 4.18. The standard InChI is InChI=1S/C16H25N3O/c1-16(2,13-5-6-13)9-10-18-15(20)19-14-7-3-12(11-17)4-8-14/h3-4,7-8,13H,5-6,9-11,17H2,1-2H3,(H2,18,19,20). The van der Waals surface area contributed by atoms with Crippen LogP contribution in [0.4, 0.5) is 10.5 Å². The maximum absolute atomic E-state index is 11.8. The molecule has 0 heterocycles. The Morgan fingerprint density at radius 1 is 1.30 bits per heavy atom. The Morgan fingerprint density at radius 3 is 2.50 bits per heavy atom. The minimum atomic E-state index is -0.142. The van der Waals surface area contributed by atoms with Gasteiger partial charge < -0.3 is 16.4 Å². The molecule has 1 aromatic rings. The third kappa shape index (κ3) is 4.23. The molecule has 2 amide bonds. The van der Waals surface area contributed by atoms with Crippen molar-refractivity contribution < 1.29 is 4.79 Å². The van der Waals surface area contributed by atoms with Crippen molar-refractivity contribution in [2.24, 2.45) is 17.1 Å². The lowest BCUT2D eigenvalue weighted by Crippen LogP contribution is -2.32. The number of rotatable bonds is 6. The number of amides is 2. The van der Waals surface area contributed by atoms with Crippen LogP contribution in [0.5, 0.6) is 0 Å². The van der Waals surface area contributed by atoms with E-state index < -0.39 is 0 Å². The van der Waals surface area contributed by atoms with E-state index in [2.05, 4.69) is 24.5 Å². The summed E-state index contributed by atoms with van der Waals surface area (Å²) < 4.78 is 0. The molecular weight excluding hydrogens is 250 g/mol. The fraction of sp³-hybridized carbons (Fsp3) is 0.562. The molecule has 1 saturated carbocycles. The van der Waals surface area contributed by atoms with Crippen molar-refractivity contribution in [2.45, 2.75) is 39.7 Å². The van der Waals surface area contributed by atoms with Crippen LogP contribution in [0.3, 0.4) is 0 Å². The van der Waals surface area contributed by atoms with Gasteiger partial charge >= 0.3 is 6.03 Å². The zero-order chi connectivity index (χ0) is 14.6. The van der Waals surface area contributed by atoms with Crippen LogP contribution in [0.1, 0.15) is 38.7 Å². The molecule has 1 aliphatic carbocycles. The average Bonchev–Trinajstić information content (AvgIpc) is 3.24. The minimum Gasteiger partial charge on any atom is -0.338 e. The summed E-state index contributed by atoms with van der Waals surface area (Å²) in [7, 11) is 0. The molecule has 0 saturated heterocycles. The predicted octanol–water partition coefficient (Wildman–Crippen LogP) is 3.09. The van der Waals surface area contributed by atoms with Crippen LogP contribution in [-0.2, 0) is 6.54 Å². The molecule has 20 heavy (non-hydrogen) atoms. The lowest BCUT2D eigenvalue weighted by molar-refractivity contribution is 0.245. The van der Waals surface area contributed by atoms with Gasteiger partial charge in [0.2, 0.25) is 0 Å². The van der Waals surface area contributed by atoms with Gasteiger partial charge in [-0.25, -0.2) is 4.79 Å². The molecule has 1 aliphatic rings. The highest BCUT2D eigenvalue weighted by molar-refractivity contribution is 5.89. The van der Waals surface area contributed by atoms with Gasteiger partial charge in [0.15, 0.2) is 0 Å². The first-order valence-corrected chi connectivity index (χ1v) is 7.35. The Kier molecular flexibility index (Phi) is 4.65. The number of hydrogen-bond donors (Lipinski definition) is 3. The van der Waals surface area contributed by atoms with Crippen molar-refractivity contribution in [2.75, 3.05) is 11.9 Å². The summed E-state index contributed by atoms with van der Waals surface area (Å²) in [5, 5.41) is 5.76. The van der Waals surface area contributed by atoms with Gasteiger partial charge in [0.05, 0.1) is 0 Å². The van der Waals surface area contributed by atoms with Crippen LogP contribution in [-0.4, -0.2) is 12.6 Å². The highest BCUT2D eigenvalue weighted by atomic mass is 16.2. The number of anilines is 1. The van der Waals surface area contributed by atoms with E-state index >= 15 is 0 Å². The Bertz CT molecular complexity index is 449. The summed E-state index contributed by atoms with van der Waals surface area (Å²) in [6, 6.07) is 7.45. The van der Waals surface area contributed by atoms with Gasteiger partial charge in [-0.15, -0.1) is 0 Å².